The lowest BCUT2D eigenvalue weighted by Gasteiger charge is -2.42. The summed E-state index contributed by atoms with van der Waals surface area (Å²) in [5.41, 5.74) is 9.42. The highest BCUT2D eigenvalue weighted by molar-refractivity contribution is 5.32. The fraction of sp³-hybridized carbons (Fsp3) is 0.647. The zero-order chi connectivity index (χ0) is 14.1. The Hall–Kier alpha value is -0.900. The summed E-state index contributed by atoms with van der Waals surface area (Å²) in [7, 11) is 0. The highest BCUT2D eigenvalue weighted by atomic mass is 16.5. The average molecular weight is 274 g/mol. The van der Waals surface area contributed by atoms with Gasteiger partial charge in [-0.1, -0.05) is 24.3 Å². The summed E-state index contributed by atoms with van der Waals surface area (Å²) in [6.45, 7) is 6.34. The van der Waals surface area contributed by atoms with Crippen molar-refractivity contribution in [3.8, 4) is 0 Å². The lowest BCUT2D eigenvalue weighted by atomic mass is 9.95. The van der Waals surface area contributed by atoms with Crippen LogP contribution >= 0.6 is 0 Å². The number of nitrogens with two attached hydrogens (primary N) is 1. The number of ether oxygens (including phenoxy) is 1. The van der Waals surface area contributed by atoms with Gasteiger partial charge >= 0.3 is 0 Å². The number of aryl methyl sites for hydroxylation is 1. The molecular formula is C17H26N2O. The molecule has 1 fully saturated rings. The Balaban J connectivity index is 1.83. The predicted octanol–water partition coefficient (Wildman–Crippen LogP) is 2.50. The maximum absolute atomic E-state index is 6.63. The lowest BCUT2D eigenvalue weighted by Crippen LogP contribution is -2.53. The molecule has 3 heteroatoms. The quantitative estimate of drug-likeness (QED) is 0.800. The molecule has 2 aliphatic rings. The maximum Gasteiger partial charge on any atom is 0.0678 e. The SMILES string of the molecule is CC1CN(C2CCCc3ccccc3C2N)CC(C)O1. The molecule has 2 N–H and O–H groups in total. The summed E-state index contributed by atoms with van der Waals surface area (Å²) >= 11 is 0. The van der Waals surface area contributed by atoms with Crippen LogP contribution < -0.4 is 5.73 Å². The molecule has 3 nitrogen and oxygen atoms in total. The van der Waals surface area contributed by atoms with E-state index in [1.54, 1.807) is 0 Å². The number of fused-ring (bicyclic) bond motifs is 1. The minimum atomic E-state index is 0.131. The van der Waals surface area contributed by atoms with E-state index in [9.17, 15) is 0 Å². The molecule has 110 valence electrons. The molecule has 0 aromatic heterocycles. The molecule has 4 unspecified atom stereocenters. The number of morpholine rings is 1. The van der Waals surface area contributed by atoms with Crippen LogP contribution in [0.3, 0.4) is 0 Å². The van der Waals surface area contributed by atoms with Crippen LogP contribution in [0.5, 0.6) is 0 Å². The van der Waals surface area contributed by atoms with Gasteiger partial charge in [-0.05, 0) is 44.2 Å². The van der Waals surface area contributed by atoms with Crippen LogP contribution in [-0.4, -0.2) is 36.2 Å². The van der Waals surface area contributed by atoms with Gasteiger partial charge in [0, 0.05) is 25.2 Å². The fourth-order valence-corrected chi connectivity index (χ4v) is 3.87. The van der Waals surface area contributed by atoms with Crippen LogP contribution in [0.2, 0.25) is 0 Å². The Kier molecular flexibility index (Phi) is 4.11. The molecule has 1 aliphatic heterocycles. The van der Waals surface area contributed by atoms with E-state index >= 15 is 0 Å². The third kappa shape index (κ3) is 2.76. The van der Waals surface area contributed by atoms with Crippen LogP contribution in [0.25, 0.3) is 0 Å². The molecule has 0 bridgehead atoms. The minimum Gasteiger partial charge on any atom is -0.373 e. The van der Waals surface area contributed by atoms with E-state index in [1.165, 1.54) is 24.0 Å². The third-order valence-corrected chi connectivity index (χ3v) is 4.69. The second-order valence-electron chi connectivity index (χ2n) is 6.40. The van der Waals surface area contributed by atoms with Crippen molar-refractivity contribution in [2.24, 2.45) is 5.73 Å². The van der Waals surface area contributed by atoms with E-state index in [0.29, 0.717) is 18.2 Å². The zero-order valence-corrected chi connectivity index (χ0v) is 12.6. The van der Waals surface area contributed by atoms with Crippen molar-refractivity contribution in [3.63, 3.8) is 0 Å². The first kappa shape index (κ1) is 14.1. The van der Waals surface area contributed by atoms with Crippen molar-refractivity contribution in [1.29, 1.82) is 0 Å². The zero-order valence-electron chi connectivity index (χ0n) is 12.6. The molecule has 0 amide bonds. The van der Waals surface area contributed by atoms with Gasteiger partial charge in [0.05, 0.1) is 12.2 Å². The van der Waals surface area contributed by atoms with E-state index in [2.05, 4.69) is 43.0 Å². The summed E-state index contributed by atoms with van der Waals surface area (Å²) in [6, 6.07) is 9.28. The largest absolute Gasteiger partial charge is 0.373 e. The Labute approximate surface area is 122 Å². The molecule has 1 aromatic rings. The molecule has 4 atom stereocenters. The van der Waals surface area contributed by atoms with Crippen LogP contribution in [0.1, 0.15) is 43.9 Å². The van der Waals surface area contributed by atoms with Crippen LogP contribution in [-0.2, 0) is 11.2 Å². The van der Waals surface area contributed by atoms with Crippen LogP contribution in [0, 0.1) is 0 Å². The van der Waals surface area contributed by atoms with Gasteiger partial charge in [0.25, 0.3) is 0 Å². The van der Waals surface area contributed by atoms with E-state index in [0.717, 1.165) is 19.5 Å². The summed E-state index contributed by atoms with van der Waals surface area (Å²) in [4.78, 5) is 2.56. The van der Waals surface area contributed by atoms with Crippen LogP contribution in [0.15, 0.2) is 24.3 Å². The molecule has 0 saturated carbocycles. The Morgan fingerprint density at radius 2 is 1.85 bits per heavy atom. The number of benzene rings is 1. The second kappa shape index (κ2) is 5.84. The highest BCUT2D eigenvalue weighted by Crippen LogP contribution is 2.31. The molecule has 1 aliphatic carbocycles. The topological polar surface area (TPSA) is 38.5 Å². The first-order chi connectivity index (χ1) is 9.65. The summed E-state index contributed by atoms with van der Waals surface area (Å²) in [6.07, 6.45) is 4.20. The van der Waals surface area contributed by atoms with Crippen molar-refractivity contribution < 1.29 is 4.74 Å². The van der Waals surface area contributed by atoms with Gasteiger partial charge in [0.15, 0.2) is 0 Å². The molecular weight excluding hydrogens is 248 g/mol. The van der Waals surface area contributed by atoms with Crippen molar-refractivity contribution in [1.82, 2.24) is 4.90 Å². The maximum atomic E-state index is 6.63. The van der Waals surface area contributed by atoms with Crippen molar-refractivity contribution in [2.75, 3.05) is 13.1 Å². The minimum absolute atomic E-state index is 0.131. The average Bonchev–Trinajstić information content (AvgIpc) is 2.58. The number of hydrogen-bond acceptors (Lipinski definition) is 3. The highest BCUT2D eigenvalue weighted by Gasteiger charge is 2.33. The van der Waals surface area contributed by atoms with Gasteiger partial charge in [-0.3, -0.25) is 4.90 Å². The van der Waals surface area contributed by atoms with Gasteiger partial charge < -0.3 is 10.5 Å². The van der Waals surface area contributed by atoms with E-state index in [-0.39, 0.29) is 6.04 Å². The lowest BCUT2D eigenvalue weighted by molar-refractivity contribution is -0.0840. The van der Waals surface area contributed by atoms with E-state index < -0.39 is 0 Å². The monoisotopic (exact) mass is 274 g/mol. The second-order valence-corrected chi connectivity index (χ2v) is 6.40. The fourth-order valence-electron chi connectivity index (χ4n) is 3.87. The molecule has 3 rings (SSSR count). The molecule has 20 heavy (non-hydrogen) atoms. The molecule has 0 radical (unpaired) electrons. The van der Waals surface area contributed by atoms with Gasteiger partial charge in [-0.25, -0.2) is 0 Å². The van der Waals surface area contributed by atoms with Gasteiger partial charge in [-0.2, -0.15) is 0 Å². The first-order valence-electron chi connectivity index (χ1n) is 7.88. The molecule has 1 heterocycles. The number of nitrogens with zero attached hydrogens (tertiary/aromatic N) is 1. The Morgan fingerprint density at radius 1 is 1.15 bits per heavy atom. The Bertz CT molecular complexity index is 452. The van der Waals surface area contributed by atoms with Gasteiger partial charge in [-0.15, -0.1) is 0 Å². The van der Waals surface area contributed by atoms with E-state index in [4.69, 9.17) is 10.5 Å². The van der Waals surface area contributed by atoms with E-state index in [1.807, 2.05) is 0 Å². The number of rotatable bonds is 1. The first-order valence-corrected chi connectivity index (χ1v) is 7.88. The van der Waals surface area contributed by atoms with Crippen LogP contribution in [0.4, 0.5) is 0 Å². The summed E-state index contributed by atoms with van der Waals surface area (Å²) in [5, 5.41) is 0. The smallest absolute Gasteiger partial charge is 0.0678 e. The molecule has 1 aromatic carbocycles. The predicted molar refractivity (Wildman–Crippen MR) is 81.7 cm³/mol. The van der Waals surface area contributed by atoms with Gasteiger partial charge in [0.1, 0.15) is 0 Å². The third-order valence-electron chi connectivity index (χ3n) is 4.69. The summed E-state index contributed by atoms with van der Waals surface area (Å²) < 4.78 is 5.86. The molecule has 0 spiro atoms. The standard InChI is InChI=1S/C17H26N2O/c1-12-10-19(11-13(2)20-12)16-9-5-7-14-6-3-4-8-15(14)17(16)18/h3-4,6,8,12-13,16-17H,5,7,9-11,18H2,1-2H3. The van der Waals surface area contributed by atoms with Crippen molar-refractivity contribution in [2.45, 2.75) is 57.4 Å². The Morgan fingerprint density at radius 3 is 2.60 bits per heavy atom. The summed E-state index contributed by atoms with van der Waals surface area (Å²) in [5.74, 6) is 0. The van der Waals surface area contributed by atoms with Crippen molar-refractivity contribution >= 4 is 0 Å². The number of hydrogen-bond donors (Lipinski definition) is 1. The van der Waals surface area contributed by atoms with Crippen molar-refractivity contribution in [3.05, 3.63) is 35.4 Å². The van der Waals surface area contributed by atoms with Gasteiger partial charge in [0.2, 0.25) is 0 Å². The normalized spacial score (nSPS) is 35.4. The molecule has 1 saturated heterocycles.